The van der Waals surface area contributed by atoms with Crippen molar-refractivity contribution in [1.82, 2.24) is 14.2 Å². The van der Waals surface area contributed by atoms with Crippen molar-refractivity contribution in [3.63, 3.8) is 0 Å². The maximum atomic E-state index is 13.0. The maximum absolute atomic E-state index is 13.0. The van der Waals surface area contributed by atoms with Gasteiger partial charge in [-0.2, -0.15) is 0 Å². The largest absolute Gasteiger partial charge is 0.486 e. The van der Waals surface area contributed by atoms with E-state index in [0.29, 0.717) is 53.1 Å². The first-order valence-corrected chi connectivity index (χ1v) is 8.79. The van der Waals surface area contributed by atoms with Crippen molar-refractivity contribution in [2.24, 2.45) is 0 Å². The Bertz CT molecular complexity index is 1360. The number of aromatic nitrogens is 3. The zero-order valence-electron chi connectivity index (χ0n) is 14.8. The molecule has 0 spiro atoms. The minimum Gasteiger partial charge on any atom is -0.486 e. The highest BCUT2D eigenvalue weighted by molar-refractivity contribution is 5.91. The molecule has 28 heavy (non-hydrogen) atoms. The zero-order valence-corrected chi connectivity index (χ0v) is 14.8. The summed E-state index contributed by atoms with van der Waals surface area (Å²) in [4.78, 5) is 29.7. The van der Waals surface area contributed by atoms with Gasteiger partial charge in [-0.25, -0.2) is 9.66 Å². The molecular weight excluding hydrogens is 360 g/mol. The number of fused-ring (bicyclic) bond motifs is 3. The second-order valence-electron chi connectivity index (χ2n) is 6.61. The standard InChI is InChI=1S/C20H16N4O4/c21-24-6-4-16-14(20(24)26)10-13-15(22-16)3-5-23(19(13)25)11-12-1-2-17-18(9-12)28-8-7-27-17/h1-6,9-10H,7-8,11,21H2. The van der Waals surface area contributed by atoms with Gasteiger partial charge in [0.25, 0.3) is 11.1 Å². The summed E-state index contributed by atoms with van der Waals surface area (Å²) in [5, 5.41) is 0.683. The van der Waals surface area contributed by atoms with E-state index in [1.54, 1.807) is 29.0 Å². The molecule has 1 aliphatic rings. The van der Waals surface area contributed by atoms with Crippen molar-refractivity contribution in [1.29, 1.82) is 0 Å². The molecule has 0 unspecified atom stereocenters. The lowest BCUT2D eigenvalue weighted by molar-refractivity contribution is 0.171. The molecule has 2 N–H and O–H groups in total. The van der Waals surface area contributed by atoms with Gasteiger partial charge in [-0.05, 0) is 35.9 Å². The Labute approximate surface area is 158 Å². The molecule has 0 saturated carbocycles. The Morgan fingerprint density at radius 2 is 1.61 bits per heavy atom. The van der Waals surface area contributed by atoms with E-state index < -0.39 is 5.56 Å². The van der Waals surface area contributed by atoms with E-state index in [4.69, 9.17) is 15.3 Å². The van der Waals surface area contributed by atoms with E-state index >= 15 is 0 Å². The Kier molecular flexibility index (Phi) is 3.58. The fourth-order valence-electron chi connectivity index (χ4n) is 3.39. The summed E-state index contributed by atoms with van der Waals surface area (Å²) < 4.78 is 13.7. The van der Waals surface area contributed by atoms with Crippen LogP contribution in [0.2, 0.25) is 0 Å². The van der Waals surface area contributed by atoms with Crippen molar-refractivity contribution in [3.8, 4) is 11.5 Å². The first-order valence-electron chi connectivity index (χ1n) is 8.79. The monoisotopic (exact) mass is 376 g/mol. The van der Waals surface area contributed by atoms with E-state index in [9.17, 15) is 9.59 Å². The molecular formula is C20H16N4O4. The molecule has 0 fully saturated rings. The molecule has 0 aliphatic carbocycles. The topological polar surface area (TPSA) is 101 Å². The van der Waals surface area contributed by atoms with Crippen LogP contribution in [0.25, 0.3) is 21.8 Å². The van der Waals surface area contributed by atoms with Crippen LogP contribution >= 0.6 is 0 Å². The van der Waals surface area contributed by atoms with Crippen LogP contribution in [0.1, 0.15) is 5.56 Å². The minimum absolute atomic E-state index is 0.228. The van der Waals surface area contributed by atoms with Gasteiger partial charge in [-0.3, -0.25) is 9.59 Å². The van der Waals surface area contributed by atoms with Crippen molar-refractivity contribution in [3.05, 3.63) is 75.1 Å². The summed E-state index contributed by atoms with van der Waals surface area (Å²) in [6.07, 6.45) is 3.15. The molecule has 0 atom stereocenters. The number of nitrogen functional groups attached to an aromatic ring is 1. The molecule has 4 aromatic rings. The van der Waals surface area contributed by atoms with E-state index in [1.807, 2.05) is 18.2 Å². The number of nitrogens with two attached hydrogens (primary N) is 1. The van der Waals surface area contributed by atoms with Gasteiger partial charge in [0.1, 0.15) is 13.2 Å². The van der Waals surface area contributed by atoms with Crippen LogP contribution in [0.3, 0.4) is 0 Å². The normalized spacial score (nSPS) is 13.1. The molecule has 140 valence electrons. The zero-order chi connectivity index (χ0) is 19.3. The first kappa shape index (κ1) is 16.4. The van der Waals surface area contributed by atoms with Crippen molar-refractivity contribution < 1.29 is 9.47 Å². The Morgan fingerprint density at radius 1 is 0.893 bits per heavy atom. The third-order valence-electron chi connectivity index (χ3n) is 4.80. The molecule has 5 rings (SSSR count). The highest BCUT2D eigenvalue weighted by atomic mass is 16.6. The van der Waals surface area contributed by atoms with Crippen molar-refractivity contribution >= 4 is 21.8 Å². The average Bonchev–Trinajstić information content (AvgIpc) is 2.72. The SMILES string of the molecule is Nn1ccc2nc3ccn(Cc4ccc5c(c4)OCCO5)c(=O)c3cc2c1=O. The van der Waals surface area contributed by atoms with Crippen LogP contribution < -0.4 is 26.4 Å². The summed E-state index contributed by atoms with van der Waals surface area (Å²) in [7, 11) is 0. The van der Waals surface area contributed by atoms with E-state index in [1.165, 1.54) is 6.20 Å². The van der Waals surface area contributed by atoms with E-state index in [2.05, 4.69) is 4.98 Å². The van der Waals surface area contributed by atoms with E-state index in [-0.39, 0.29) is 5.56 Å². The fraction of sp³-hybridized carbons (Fsp3) is 0.150. The van der Waals surface area contributed by atoms with Gasteiger partial charge < -0.3 is 19.9 Å². The number of rotatable bonds is 2. The molecule has 8 nitrogen and oxygen atoms in total. The molecule has 0 amide bonds. The smallest absolute Gasteiger partial charge is 0.278 e. The highest BCUT2D eigenvalue weighted by Gasteiger charge is 2.13. The Morgan fingerprint density at radius 3 is 2.43 bits per heavy atom. The Balaban J connectivity index is 1.61. The lowest BCUT2D eigenvalue weighted by Crippen LogP contribution is -2.27. The maximum Gasteiger partial charge on any atom is 0.278 e. The second-order valence-corrected chi connectivity index (χ2v) is 6.61. The summed E-state index contributed by atoms with van der Waals surface area (Å²) in [6.45, 7) is 1.39. The number of hydrogen-bond donors (Lipinski definition) is 1. The second kappa shape index (κ2) is 6.12. The first-order chi connectivity index (χ1) is 13.6. The molecule has 3 aromatic heterocycles. The predicted octanol–water partition coefficient (Wildman–Crippen LogP) is 1.24. The van der Waals surface area contributed by atoms with Crippen LogP contribution in [0, 0.1) is 0 Å². The molecule has 1 aliphatic heterocycles. The number of pyridine rings is 3. The van der Waals surface area contributed by atoms with Gasteiger partial charge in [-0.15, -0.1) is 0 Å². The van der Waals surface area contributed by atoms with Crippen LogP contribution in [0.5, 0.6) is 11.5 Å². The number of ether oxygens (including phenoxy) is 2. The molecule has 4 heterocycles. The summed E-state index contributed by atoms with van der Waals surface area (Å²) in [6, 6.07) is 10.6. The van der Waals surface area contributed by atoms with Gasteiger partial charge in [-0.1, -0.05) is 6.07 Å². The Hall–Kier alpha value is -3.81. The van der Waals surface area contributed by atoms with Crippen LogP contribution in [0.4, 0.5) is 0 Å². The summed E-state index contributed by atoms with van der Waals surface area (Å²) in [5.41, 5.74) is 1.32. The molecule has 0 saturated heterocycles. The van der Waals surface area contributed by atoms with Gasteiger partial charge in [0.15, 0.2) is 11.5 Å². The van der Waals surface area contributed by atoms with Crippen molar-refractivity contribution in [2.45, 2.75) is 6.54 Å². The van der Waals surface area contributed by atoms with Gasteiger partial charge in [0.05, 0.1) is 28.4 Å². The molecule has 0 radical (unpaired) electrons. The van der Waals surface area contributed by atoms with Crippen LogP contribution in [-0.4, -0.2) is 27.4 Å². The minimum atomic E-state index is -0.395. The summed E-state index contributed by atoms with van der Waals surface area (Å²) in [5.74, 6) is 7.00. The third-order valence-corrected chi connectivity index (χ3v) is 4.80. The van der Waals surface area contributed by atoms with Gasteiger partial charge in [0, 0.05) is 12.4 Å². The number of nitrogens with zero attached hydrogens (tertiary/aromatic N) is 3. The predicted molar refractivity (Wildman–Crippen MR) is 104 cm³/mol. The van der Waals surface area contributed by atoms with Crippen molar-refractivity contribution in [2.75, 3.05) is 19.1 Å². The molecule has 1 aromatic carbocycles. The summed E-state index contributed by atoms with van der Waals surface area (Å²) >= 11 is 0. The van der Waals surface area contributed by atoms with Crippen LogP contribution in [-0.2, 0) is 6.54 Å². The van der Waals surface area contributed by atoms with Crippen LogP contribution in [0.15, 0.2) is 58.4 Å². The lowest BCUT2D eigenvalue weighted by Gasteiger charge is -2.19. The average molecular weight is 376 g/mol. The van der Waals surface area contributed by atoms with Gasteiger partial charge in [0.2, 0.25) is 0 Å². The lowest BCUT2D eigenvalue weighted by atomic mass is 10.1. The van der Waals surface area contributed by atoms with Gasteiger partial charge >= 0.3 is 0 Å². The third kappa shape index (κ3) is 2.58. The van der Waals surface area contributed by atoms with E-state index in [0.717, 1.165) is 10.2 Å². The number of benzene rings is 1. The number of hydrogen-bond acceptors (Lipinski definition) is 6. The molecule has 8 heteroatoms. The quantitative estimate of drug-likeness (QED) is 0.417. The highest BCUT2D eigenvalue weighted by Crippen LogP contribution is 2.30. The fourth-order valence-corrected chi connectivity index (χ4v) is 3.39. The molecule has 0 bridgehead atoms.